The first-order valence-electron chi connectivity index (χ1n) is 17.7. The van der Waals surface area contributed by atoms with Crippen LogP contribution in [0.2, 0.25) is 0 Å². The molecule has 51 heavy (non-hydrogen) atoms. The molecule has 1 aromatic heterocycles. The molecule has 0 radical (unpaired) electrons. The van der Waals surface area contributed by atoms with E-state index < -0.39 is 6.09 Å². The SMILES string of the molecule is CCN(CC)CCN(C)C(=O)c1ccc(Nc2nccc(N(C(=O)Oc3c(C)cccc3C)c3cccc(CCC(=O)N(CC)CC)c3)n2)cc1. The van der Waals surface area contributed by atoms with E-state index in [4.69, 9.17) is 9.72 Å². The number of aryl methyl sites for hydroxylation is 3. The van der Waals surface area contributed by atoms with E-state index in [0.717, 1.165) is 36.3 Å². The maximum atomic E-state index is 14.0. The molecular formula is C40H51N7O4. The molecule has 0 aliphatic rings. The number of anilines is 4. The Kier molecular flexibility index (Phi) is 14.1. The van der Waals surface area contributed by atoms with Gasteiger partial charge in [-0.2, -0.15) is 4.98 Å². The third-order valence-electron chi connectivity index (χ3n) is 8.94. The van der Waals surface area contributed by atoms with E-state index >= 15 is 0 Å². The highest BCUT2D eigenvalue weighted by Crippen LogP contribution is 2.30. The normalized spacial score (nSPS) is 10.9. The molecule has 1 N–H and O–H groups in total. The molecule has 270 valence electrons. The molecule has 0 bridgehead atoms. The molecule has 4 rings (SSSR count). The van der Waals surface area contributed by atoms with Crippen molar-refractivity contribution in [3.05, 3.63) is 101 Å². The number of ether oxygens (including phenoxy) is 1. The summed E-state index contributed by atoms with van der Waals surface area (Å²) in [6.07, 6.45) is 1.81. The zero-order valence-corrected chi connectivity index (χ0v) is 31.0. The van der Waals surface area contributed by atoms with Gasteiger partial charge in [0.2, 0.25) is 11.9 Å². The minimum Gasteiger partial charge on any atom is -0.409 e. The predicted octanol–water partition coefficient (Wildman–Crippen LogP) is 7.39. The van der Waals surface area contributed by atoms with Crippen LogP contribution in [-0.4, -0.2) is 88.9 Å². The summed E-state index contributed by atoms with van der Waals surface area (Å²) in [6, 6.07) is 22.0. The van der Waals surface area contributed by atoms with Gasteiger partial charge in [-0.1, -0.05) is 44.2 Å². The van der Waals surface area contributed by atoms with Gasteiger partial charge in [-0.15, -0.1) is 0 Å². The summed E-state index contributed by atoms with van der Waals surface area (Å²) >= 11 is 0. The summed E-state index contributed by atoms with van der Waals surface area (Å²) in [6.45, 7) is 16.6. The molecule has 0 spiro atoms. The van der Waals surface area contributed by atoms with Gasteiger partial charge in [-0.25, -0.2) is 14.7 Å². The number of para-hydroxylation sites is 1. The van der Waals surface area contributed by atoms with Gasteiger partial charge in [0, 0.05) is 63.2 Å². The highest BCUT2D eigenvalue weighted by Gasteiger charge is 2.24. The number of likely N-dealkylation sites (N-methyl/N-ethyl adjacent to an activating group) is 2. The summed E-state index contributed by atoms with van der Waals surface area (Å²) in [4.78, 5) is 56.1. The molecule has 0 saturated heterocycles. The van der Waals surface area contributed by atoms with Crippen molar-refractivity contribution >= 4 is 41.0 Å². The van der Waals surface area contributed by atoms with Crippen molar-refractivity contribution in [1.29, 1.82) is 0 Å². The fraction of sp³-hybridized carbons (Fsp3) is 0.375. The lowest BCUT2D eigenvalue weighted by molar-refractivity contribution is -0.130. The van der Waals surface area contributed by atoms with Crippen molar-refractivity contribution < 1.29 is 19.1 Å². The Bertz CT molecular complexity index is 1750. The van der Waals surface area contributed by atoms with Gasteiger partial charge in [0.25, 0.3) is 5.91 Å². The van der Waals surface area contributed by atoms with Gasteiger partial charge in [-0.05, 0) is 100 Å². The highest BCUT2D eigenvalue weighted by molar-refractivity contribution is 5.97. The number of benzene rings is 3. The first-order chi connectivity index (χ1) is 24.6. The van der Waals surface area contributed by atoms with E-state index in [1.807, 2.05) is 82.1 Å². The van der Waals surface area contributed by atoms with Crippen LogP contribution in [0.3, 0.4) is 0 Å². The van der Waals surface area contributed by atoms with Crippen molar-refractivity contribution in [1.82, 2.24) is 24.7 Å². The molecule has 11 nitrogen and oxygen atoms in total. The van der Waals surface area contributed by atoms with Crippen molar-refractivity contribution in [2.24, 2.45) is 0 Å². The number of carbonyl (C=O) groups is 3. The quantitative estimate of drug-likeness (QED) is 0.129. The maximum Gasteiger partial charge on any atom is 0.425 e. The topological polar surface area (TPSA) is 111 Å². The van der Waals surface area contributed by atoms with E-state index in [-0.39, 0.29) is 17.8 Å². The van der Waals surface area contributed by atoms with Gasteiger partial charge in [0.05, 0.1) is 5.69 Å². The molecule has 0 fully saturated rings. The number of amides is 3. The van der Waals surface area contributed by atoms with E-state index in [0.29, 0.717) is 61.0 Å². The van der Waals surface area contributed by atoms with Crippen LogP contribution in [0.1, 0.15) is 61.2 Å². The Hall–Kier alpha value is -5.29. The van der Waals surface area contributed by atoms with E-state index in [1.165, 1.54) is 4.90 Å². The summed E-state index contributed by atoms with van der Waals surface area (Å²) in [5, 5.41) is 3.20. The van der Waals surface area contributed by atoms with Crippen molar-refractivity contribution in [2.45, 2.75) is 54.4 Å². The first-order valence-corrected chi connectivity index (χ1v) is 17.7. The smallest absolute Gasteiger partial charge is 0.409 e. The molecular weight excluding hydrogens is 642 g/mol. The Morgan fingerprint density at radius 3 is 2.12 bits per heavy atom. The van der Waals surface area contributed by atoms with Gasteiger partial charge < -0.3 is 24.8 Å². The first kappa shape index (κ1) is 38.5. The summed E-state index contributed by atoms with van der Waals surface area (Å²) < 4.78 is 6.01. The largest absolute Gasteiger partial charge is 0.425 e. The van der Waals surface area contributed by atoms with E-state index in [1.54, 1.807) is 41.4 Å². The molecule has 0 aliphatic heterocycles. The van der Waals surface area contributed by atoms with Crippen LogP contribution in [0.25, 0.3) is 0 Å². The summed E-state index contributed by atoms with van der Waals surface area (Å²) in [5.41, 5.74) is 4.36. The number of hydrogen-bond donors (Lipinski definition) is 1. The highest BCUT2D eigenvalue weighted by atomic mass is 16.6. The Balaban J connectivity index is 1.58. The maximum absolute atomic E-state index is 14.0. The average Bonchev–Trinajstić information content (AvgIpc) is 3.13. The zero-order chi connectivity index (χ0) is 36.9. The lowest BCUT2D eigenvalue weighted by atomic mass is 10.1. The Morgan fingerprint density at radius 1 is 0.804 bits per heavy atom. The van der Waals surface area contributed by atoms with E-state index in [9.17, 15) is 14.4 Å². The van der Waals surface area contributed by atoms with Crippen LogP contribution < -0.4 is 15.0 Å². The van der Waals surface area contributed by atoms with Crippen LogP contribution in [0.15, 0.2) is 79.0 Å². The van der Waals surface area contributed by atoms with E-state index in [2.05, 4.69) is 29.0 Å². The minimum absolute atomic E-state index is 0.0513. The van der Waals surface area contributed by atoms with Crippen LogP contribution >= 0.6 is 0 Å². The van der Waals surface area contributed by atoms with Crippen molar-refractivity contribution in [3.63, 3.8) is 0 Å². The fourth-order valence-corrected chi connectivity index (χ4v) is 5.77. The number of aromatic nitrogens is 2. The third kappa shape index (κ3) is 10.4. The van der Waals surface area contributed by atoms with Crippen molar-refractivity contribution in [2.75, 3.05) is 56.5 Å². The molecule has 1 heterocycles. The Morgan fingerprint density at radius 2 is 1.47 bits per heavy atom. The van der Waals surface area contributed by atoms with Crippen LogP contribution in [0, 0.1) is 13.8 Å². The molecule has 0 saturated carbocycles. The predicted molar refractivity (Wildman–Crippen MR) is 203 cm³/mol. The van der Waals surface area contributed by atoms with Crippen LogP contribution in [0.5, 0.6) is 5.75 Å². The number of carbonyl (C=O) groups excluding carboxylic acids is 3. The van der Waals surface area contributed by atoms with Gasteiger partial charge in [0.1, 0.15) is 11.6 Å². The third-order valence-corrected chi connectivity index (χ3v) is 8.94. The fourth-order valence-electron chi connectivity index (χ4n) is 5.77. The number of nitrogens with one attached hydrogen (secondary N) is 1. The molecule has 3 aromatic carbocycles. The molecule has 0 unspecified atom stereocenters. The molecule has 0 atom stereocenters. The molecule has 0 aliphatic carbocycles. The number of hydrogen-bond acceptors (Lipinski definition) is 8. The second-order valence-corrected chi connectivity index (χ2v) is 12.4. The number of rotatable bonds is 16. The average molecular weight is 694 g/mol. The molecule has 4 aromatic rings. The summed E-state index contributed by atoms with van der Waals surface area (Å²) in [7, 11) is 1.82. The molecule has 11 heteroatoms. The monoisotopic (exact) mass is 693 g/mol. The number of nitrogens with zero attached hydrogens (tertiary/aromatic N) is 6. The van der Waals surface area contributed by atoms with Gasteiger partial charge in [-0.3, -0.25) is 9.59 Å². The van der Waals surface area contributed by atoms with Gasteiger partial charge >= 0.3 is 6.09 Å². The lowest BCUT2D eigenvalue weighted by Crippen LogP contribution is -2.36. The van der Waals surface area contributed by atoms with Gasteiger partial charge in [0.15, 0.2) is 0 Å². The molecule has 3 amide bonds. The standard InChI is InChI=1S/C40H51N7O4/c1-8-45(9-2)27-26-44(7)38(49)32-19-21-33(22-20-32)42-39-41-25-24-35(43-39)47(40(50)51-37-29(5)14-12-15-30(37)6)34-17-13-16-31(28-34)18-23-36(48)46(10-3)11-4/h12-17,19-22,24-25,28H,8-11,18,23,26-27H2,1-7H3,(H,41,42,43). The minimum atomic E-state index is -0.638. The lowest BCUT2D eigenvalue weighted by Gasteiger charge is -2.23. The second-order valence-electron chi connectivity index (χ2n) is 12.4. The zero-order valence-electron chi connectivity index (χ0n) is 31.0. The summed E-state index contributed by atoms with van der Waals surface area (Å²) in [5.74, 6) is 1.07. The van der Waals surface area contributed by atoms with Crippen LogP contribution in [0.4, 0.5) is 27.9 Å². The Labute approximate surface area is 302 Å². The second kappa shape index (κ2) is 18.6. The van der Waals surface area contributed by atoms with Crippen molar-refractivity contribution in [3.8, 4) is 5.75 Å². The van der Waals surface area contributed by atoms with Crippen LogP contribution in [-0.2, 0) is 11.2 Å².